The summed E-state index contributed by atoms with van der Waals surface area (Å²) in [7, 11) is 1.65. The Morgan fingerprint density at radius 1 is 1.06 bits per heavy atom. The van der Waals surface area contributed by atoms with Gasteiger partial charge < -0.3 is 14.6 Å². The molecular weight excluding hydrogens is 412 g/mol. The average molecular weight is 437 g/mol. The Bertz CT molecular complexity index is 1080. The van der Waals surface area contributed by atoms with E-state index in [2.05, 4.69) is 5.32 Å². The van der Waals surface area contributed by atoms with Crippen molar-refractivity contribution in [2.24, 2.45) is 4.99 Å². The first-order chi connectivity index (χ1) is 15.1. The molecule has 0 aliphatic carbocycles. The third-order valence-corrected chi connectivity index (χ3v) is 5.57. The van der Waals surface area contributed by atoms with E-state index in [1.54, 1.807) is 25.3 Å². The topological polar surface area (TPSA) is 63.1 Å². The maximum Gasteiger partial charge on any atom is 0.129 e. The quantitative estimate of drug-likeness (QED) is 0.522. The van der Waals surface area contributed by atoms with Gasteiger partial charge in [-0.25, -0.2) is 0 Å². The summed E-state index contributed by atoms with van der Waals surface area (Å²) in [6.07, 6.45) is 0.267. The molecule has 3 aromatic rings. The fraction of sp³-hybridized carbons (Fsp3) is 0.240. The van der Waals surface area contributed by atoms with Crippen LogP contribution < -0.4 is 14.8 Å². The number of aliphatic imine (C=N–C) groups is 1. The summed E-state index contributed by atoms with van der Waals surface area (Å²) in [4.78, 5) is 5.00. The summed E-state index contributed by atoms with van der Waals surface area (Å²) in [5.74, 6) is 1.78. The van der Waals surface area contributed by atoms with Crippen LogP contribution in [0.15, 0.2) is 71.7 Å². The molecule has 4 rings (SSSR count). The van der Waals surface area contributed by atoms with Crippen LogP contribution in [0.4, 0.5) is 0 Å². The first kappa shape index (κ1) is 21.2. The molecule has 0 unspecified atom stereocenters. The van der Waals surface area contributed by atoms with Crippen LogP contribution in [0.1, 0.15) is 42.2 Å². The van der Waals surface area contributed by atoms with Crippen LogP contribution in [0.25, 0.3) is 0 Å². The van der Waals surface area contributed by atoms with Crippen molar-refractivity contribution in [1.82, 2.24) is 5.32 Å². The Balaban J connectivity index is 1.76. The lowest BCUT2D eigenvalue weighted by Crippen LogP contribution is -2.33. The molecule has 31 heavy (non-hydrogen) atoms. The Morgan fingerprint density at radius 2 is 1.84 bits per heavy atom. The number of hydrogen-bond donors (Lipinski definition) is 2. The molecule has 0 saturated carbocycles. The molecule has 2 N–H and O–H groups in total. The van der Waals surface area contributed by atoms with E-state index in [1.807, 2.05) is 55.5 Å². The van der Waals surface area contributed by atoms with Crippen molar-refractivity contribution in [1.29, 1.82) is 0 Å². The molecule has 2 atom stereocenters. The zero-order valence-electron chi connectivity index (χ0n) is 17.5. The van der Waals surface area contributed by atoms with Crippen LogP contribution in [0.2, 0.25) is 5.02 Å². The lowest BCUT2D eigenvalue weighted by molar-refractivity contribution is 0.340. The fourth-order valence-corrected chi connectivity index (χ4v) is 4.03. The third-order valence-electron chi connectivity index (χ3n) is 5.34. The van der Waals surface area contributed by atoms with Gasteiger partial charge in [0.15, 0.2) is 0 Å². The van der Waals surface area contributed by atoms with Crippen molar-refractivity contribution in [2.75, 3.05) is 13.7 Å². The summed E-state index contributed by atoms with van der Waals surface area (Å²) < 4.78 is 11.1. The molecule has 160 valence electrons. The molecule has 6 heteroatoms. The van der Waals surface area contributed by atoms with Gasteiger partial charge in [-0.05, 0) is 61.0 Å². The van der Waals surface area contributed by atoms with Gasteiger partial charge in [-0.3, -0.25) is 10.3 Å². The highest BCUT2D eigenvalue weighted by Crippen LogP contribution is 2.37. The molecule has 0 amide bonds. The van der Waals surface area contributed by atoms with Gasteiger partial charge in [0.25, 0.3) is 0 Å². The number of nitrogens with one attached hydrogen (secondary N) is 1. The Kier molecular flexibility index (Phi) is 6.44. The molecule has 3 aromatic carbocycles. The molecule has 1 heterocycles. The van der Waals surface area contributed by atoms with Crippen molar-refractivity contribution in [2.45, 2.75) is 25.6 Å². The van der Waals surface area contributed by atoms with Gasteiger partial charge in [-0.2, -0.15) is 0 Å². The number of hydrogen-bond acceptors (Lipinski definition) is 5. The van der Waals surface area contributed by atoms with E-state index in [1.165, 1.54) is 0 Å². The van der Waals surface area contributed by atoms with E-state index < -0.39 is 0 Å². The highest BCUT2D eigenvalue weighted by molar-refractivity contribution is 6.30. The minimum Gasteiger partial charge on any atom is -0.508 e. The molecule has 1 aliphatic rings. The standard InChI is InChI=1S/C25H25ClN2O3/c1-3-31-18-11-8-16(9-12-18)21-15-22(20-14-17(26)10-13-23(20)29)28-25(27-21)19-6-4-5-7-24(19)30-2/h4-14,22,25,28-29H,3,15H2,1-2H3/t22-,25-/m0/s1. The van der Waals surface area contributed by atoms with Gasteiger partial charge in [0, 0.05) is 34.3 Å². The highest BCUT2D eigenvalue weighted by Gasteiger charge is 2.29. The van der Waals surface area contributed by atoms with Crippen LogP contribution in [0, 0.1) is 0 Å². The Morgan fingerprint density at radius 3 is 2.58 bits per heavy atom. The van der Waals surface area contributed by atoms with E-state index in [4.69, 9.17) is 26.1 Å². The second-order valence-electron chi connectivity index (χ2n) is 7.30. The van der Waals surface area contributed by atoms with Crippen LogP contribution in [-0.2, 0) is 0 Å². The molecule has 0 saturated heterocycles. The van der Waals surface area contributed by atoms with Gasteiger partial charge >= 0.3 is 0 Å². The third kappa shape index (κ3) is 4.68. The maximum absolute atomic E-state index is 10.5. The predicted molar refractivity (Wildman–Crippen MR) is 123 cm³/mol. The molecule has 0 fully saturated rings. The number of phenolic OH excluding ortho intramolecular Hbond substituents is 1. The van der Waals surface area contributed by atoms with Crippen LogP contribution in [-0.4, -0.2) is 24.5 Å². The first-order valence-corrected chi connectivity index (χ1v) is 10.6. The van der Waals surface area contributed by atoms with Crippen LogP contribution in [0.5, 0.6) is 17.2 Å². The highest BCUT2D eigenvalue weighted by atomic mass is 35.5. The first-order valence-electron chi connectivity index (χ1n) is 10.3. The second kappa shape index (κ2) is 9.41. The number of benzene rings is 3. The normalized spacial score (nSPS) is 18.4. The molecule has 0 spiro atoms. The summed E-state index contributed by atoms with van der Waals surface area (Å²) in [5.41, 5.74) is 3.61. The number of aromatic hydroxyl groups is 1. The monoisotopic (exact) mass is 436 g/mol. The lowest BCUT2D eigenvalue weighted by Gasteiger charge is -2.31. The summed E-state index contributed by atoms with van der Waals surface area (Å²) in [6.45, 7) is 2.58. The lowest BCUT2D eigenvalue weighted by atomic mass is 9.93. The van der Waals surface area contributed by atoms with E-state index in [0.29, 0.717) is 18.1 Å². The molecule has 1 aliphatic heterocycles. The Labute approximate surface area is 187 Å². The molecule has 0 bridgehead atoms. The fourth-order valence-electron chi connectivity index (χ4n) is 3.85. The van der Waals surface area contributed by atoms with E-state index in [-0.39, 0.29) is 18.0 Å². The second-order valence-corrected chi connectivity index (χ2v) is 7.74. The molecule has 5 nitrogen and oxygen atoms in total. The predicted octanol–water partition coefficient (Wildman–Crippen LogP) is 5.68. The number of rotatable bonds is 6. The number of ether oxygens (including phenoxy) is 2. The number of para-hydroxylation sites is 1. The largest absolute Gasteiger partial charge is 0.508 e. The molecule has 0 radical (unpaired) electrons. The van der Waals surface area contributed by atoms with Gasteiger partial charge in [-0.1, -0.05) is 29.8 Å². The average Bonchev–Trinajstić information content (AvgIpc) is 2.81. The summed E-state index contributed by atoms with van der Waals surface area (Å²) >= 11 is 6.23. The van der Waals surface area contributed by atoms with Gasteiger partial charge in [-0.15, -0.1) is 0 Å². The maximum atomic E-state index is 10.5. The van der Waals surface area contributed by atoms with E-state index >= 15 is 0 Å². The molecular formula is C25H25ClN2O3. The van der Waals surface area contributed by atoms with E-state index in [0.717, 1.165) is 33.9 Å². The van der Waals surface area contributed by atoms with Crippen molar-refractivity contribution in [3.63, 3.8) is 0 Å². The number of halogens is 1. The molecule has 0 aromatic heterocycles. The van der Waals surface area contributed by atoms with Gasteiger partial charge in [0.1, 0.15) is 23.4 Å². The van der Waals surface area contributed by atoms with Crippen molar-refractivity contribution >= 4 is 17.3 Å². The summed E-state index contributed by atoms with van der Waals surface area (Å²) in [5, 5.41) is 14.6. The minimum absolute atomic E-state index is 0.173. The van der Waals surface area contributed by atoms with Crippen molar-refractivity contribution in [3.8, 4) is 17.2 Å². The SMILES string of the molecule is CCOc1ccc(C2=N[C@H](c3ccccc3OC)N[C@H](c3cc(Cl)ccc3O)C2)cc1. The van der Waals surface area contributed by atoms with Crippen molar-refractivity contribution < 1.29 is 14.6 Å². The van der Waals surface area contributed by atoms with Gasteiger partial charge in [0.05, 0.1) is 13.7 Å². The summed E-state index contributed by atoms with van der Waals surface area (Å²) in [6, 6.07) is 20.7. The smallest absolute Gasteiger partial charge is 0.129 e. The van der Waals surface area contributed by atoms with Gasteiger partial charge in [0.2, 0.25) is 0 Å². The zero-order chi connectivity index (χ0) is 21.8. The van der Waals surface area contributed by atoms with Crippen molar-refractivity contribution in [3.05, 3.63) is 88.4 Å². The zero-order valence-corrected chi connectivity index (χ0v) is 18.3. The Hall–Kier alpha value is -3.02. The minimum atomic E-state index is -0.338. The number of nitrogens with zero attached hydrogens (tertiary/aromatic N) is 1. The van der Waals surface area contributed by atoms with E-state index in [9.17, 15) is 5.11 Å². The number of methoxy groups -OCH3 is 1. The number of phenols is 1. The van der Waals surface area contributed by atoms with Crippen LogP contribution >= 0.6 is 11.6 Å². The van der Waals surface area contributed by atoms with Crippen LogP contribution in [0.3, 0.4) is 0 Å².